The molecule has 1 heterocycles. The summed E-state index contributed by atoms with van der Waals surface area (Å²) in [4.78, 5) is 7.70. The number of hydrogen-bond donors (Lipinski definition) is 2. The quantitative estimate of drug-likeness (QED) is 0.580. The second-order valence-electron chi connectivity index (χ2n) is 4.10. The number of nitrogen functional groups attached to an aromatic ring is 1. The molecule has 0 amide bonds. The molecule has 18 heavy (non-hydrogen) atoms. The predicted octanol–water partition coefficient (Wildman–Crippen LogP) is 0.571. The van der Waals surface area contributed by atoms with Gasteiger partial charge in [-0.3, -0.25) is 5.43 Å². The lowest BCUT2D eigenvalue weighted by Crippen LogP contribution is -2.37. The number of nitrogens with one attached hydrogen (secondary N) is 1. The van der Waals surface area contributed by atoms with E-state index in [9.17, 15) is 8.42 Å². The smallest absolute Gasteiger partial charge is 0.246 e. The predicted molar refractivity (Wildman–Crippen MR) is 69.2 cm³/mol. The number of rotatable bonds is 6. The third-order valence-corrected chi connectivity index (χ3v) is 4.41. The Bertz CT molecular complexity index is 472. The number of hydrogen-bond acceptors (Lipinski definition) is 6. The summed E-state index contributed by atoms with van der Waals surface area (Å²) < 4.78 is 26.1. The Morgan fingerprint density at radius 1 is 1.39 bits per heavy atom. The SMILES string of the molecule is CCCN(C(C)C)S(=O)(=O)c1cnc(NN)nc1. The van der Waals surface area contributed by atoms with Gasteiger partial charge in [0.05, 0.1) is 12.4 Å². The molecule has 0 aliphatic rings. The van der Waals surface area contributed by atoms with Crippen molar-refractivity contribution < 1.29 is 8.42 Å². The fourth-order valence-electron chi connectivity index (χ4n) is 1.54. The Balaban J connectivity index is 3.09. The van der Waals surface area contributed by atoms with Gasteiger partial charge >= 0.3 is 0 Å². The van der Waals surface area contributed by atoms with Crippen LogP contribution >= 0.6 is 0 Å². The monoisotopic (exact) mass is 273 g/mol. The van der Waals surface area contributed by atoms with Gasteiger partial charge in [-0.1, -0.05) is 6.92 Å². The summed E-state index contributed by atoms with van der Waals surface area (Å²) in [6.07, 6.45) is 3.26. The van der Waals surface area contributed by atoms with Crippen LogP contribution in [0.4, 0.5) is 5.95 Å². The summed E-state index contributed by atoms with van der Waals surface area (Å²) in [7, 11) is -3.55. The molecule has 0 unspecified atom stereocenters. The van der Waals surface area contributed by atoms with Gasteiger partial charge in [-0.15, -0.1) is 0 Å². The summed E-state index contributed by atoms with van der Waals surface area (Å²) in [5, 5.41) is 0. The highest BCUT2D eigenvalue weighted by molar-refractivity contribution is 7.89. The molecule has 0 bridgehead atoms. The first kappa shape index (κ1) is 14.8. The van der Waals surface area contributed by atoms with Gasteiger partial charge in [0.15, 0.2) is 0 Å². The van der Waals surface area contributed by atoms with E-state index in [-0.39, 0.29) is 16.9 Å². The van der Waals surface area contributed by atoms with Crippen molar-refractivity contribution in [3.05, 3.63) is 12.4 Å². The minimum absolute atomic E-state index is 0.0728. The molecular formula is C10H19N5O2S. The van der Waals surface area contributed by atoms with Crippen LogP contribution in [0.25, 0.3) is 0 Å². The van der Waals surface area contributed by atoms with Crippen molar-refractivity contribution >= 4 is 16.0 Å². The zero-order valence-electron chi connectivity index (χ0n) is 10.8. The molecule has 0 aliphatic heterocycles. The van der Waals surface area contributed by atoms with E-state index >= 15 is 0 Å². The first-order valence-corrected chi connectivity index (χ1v) is 7.18. The molecule has 0 saturated heterocycles. The lowest BCUT2D eigenvalue weighted by Gasteiger charge is -2.25. The number of nitrogens with zero attached hydrogens (tertiary/aromatic N) is 3. The molecule has 0 spiro atoms. The Morgan fingerprint density at radius 2 is 1.94 bits per heavy atom. The minimum atomic E-state index is -3.55. The highest BCUT2D eigenvalue weighted by Crippen LogP contribution is 2.17. The van der Waals surface area contributed by atoms with E-state index in [0.29, 0.717) is 6.54 Å². The van der Waals surface area contributed by atoms with Crippen LogP contribution in [0, 0.1) is 0 Å². The summed E-state index contributed by atoms with van der Waals surface area (Å²) in [5.74, 6) is 5.31. The van der Waals surface area contributed by atoms with Gasteiger partial charge in [-0.2, -0.15) is 4.31 Å². The molecule has 0 aliphatic carbocycles. The summed E-state index contributed by atoms with van der Waals surface area (Å²) >= 11 is 0. The van der Waals surface area contributed by atoms with Crippen molar-refractivity contribution in [1.29, 1.82) is 0 Å². The van der Waals surface area contributed by atoms with Crippen molar-refractivity contribution in [2.75, 3.05) is 12.0 Å². The van der Waals surface area contributed by atoms with Gasteiger partial charge in [0, 0.05) is 12.6 Å². The second kappa shape index (κ2) is 6.07. The standard InChI is InChI=1S/C10H19N5O2S/c1-4-5-15(8(2)3)18(16,17)9-6-12-10(14-11)13-7-9/h6-8H,4-5,11H2,1-3H3,(H,12,13,14). The highest BCUT2D eigenvalue weighted by atomic mass is 32.2. The van der Waals surface area contributed by atoms with Crippen LogP contribution in [0.2, 0.25) is 0 Å². The van der Waals surface area contributed by atoms with Crippen LogP contribution in [0.1, 0.15) is 27.2 Å². The molecular weight excluding hydrogens is 254 g/mol. The minimum Gasteiger partial charge on any atom is -0.292 e. The molecule has 7 nitrogen and oxygen atoms in total. The molecule has 3 N–H and O–H groups in total. The molecule has 0 atom stereocenters. The maximum Gasteiger partial charge on any atom is 0.246 e. The van der Waals surface area contributed by atoms with Crippen molar-refractivity contribution in [2.45, 2.75) is 38.1 Å². The third-order valence-electron chi connectivity index (χ3n) is 2.38. The van der Waals surface area contributed by atoms with Gasteiger partial charge < -0.3 is 0 Å². The molecule has 1 aromatic rings. The fourth-order valence-corrected chi connectivity index (χ4v) is 3.16. The zero-order valence-corrected chi connectivity index (χ0v) is 11.6. The number of sulfonamides is 1. The number of anilines is 1. The van der Waals surface area contributed by atoms with Crippen LogP contribution in [-0.2, 0) is 10.0 Å². The van der Waals surface area contributed by atoms with Crippen LogP contribution in [0.15, 0.2) is 17.3 Å². The first-order chi connectivity index (χ1) is 8.43. The third kappa shape index (κ3) is 3.15. The van der Waals surface area contributed by atoms with E-state index in [1.165, 1.54) is 16.7 Å². The number of hydrazine groups is 1. The van der Waals surface area contributed by atoms with E-state index in [2.05, 4.69) is 15.4 Å². The van der Waals surface area contributed by atoms with Crippen molar-refractivity contribution in [3.8, 4) is 0 Å². The lowest BCUT2D eigenvalue weighted by molar-refractivity contribution is 0.354. The lowest BCUT2D eigenvalue weighted by atomic mass is 10.4. The Kier molecular flexibility index (Phi) is 5.00. The highest BCUT2D eigenvalue weighted by Gasteiger charge is 2.26. The van der Waals surface area contributed by atoms with Crippen LogP contribution < -0.4 is 11.3 Å². The summed E-state index contributed by atoms with van der Waals surface area (Å²) in [5.41, 5.74) is 2.25. The van der Waals surface area contributed by atoms with E-state index in [1.54, 1.807) is 0 Å². The molecule has 1 aromatic heterocycles. The summed E-state index contributed by atoms with van der Waals surface area (Å²) in [6.45, 7) is 6.08. The van der Waals surface area contributed by atoms with Gasteiger partial charge in [-0.25, -0.2) is 24.2 Å². The van der Waals surface area contributed by atoms with Crippen molar-refractivity contribution in [2.24, 2.45) is 5.84 Å². The van der Waals surface area contributed by atoms with Crippen LogP contribution in [0.5, 0.6) is 0 Å². The van der Waals surface area contributed by atoms with Crippen LogP contribution in [-0.4, -0.2) is 35.3 Å². The van der Waals surface area contributed by atoms with Crippen LogP contribution in [0.3, 0.4) is 0 Å². The topological polar surface area (TPSA) is 101 Å². The molecule has 1 rings (SSSR count). The Morgan fingerprint density at radius 3 is 2.33 bits per heavy atom. The van der Waals surface area contributed by atoms with E-state index in [4.69, 9.17) is 5.84 Å². The second-order valence-corrected chi connectivity index (χ2v) is 5.99. The first-order valence-electron chi connectivity index (χ1n) is 5.74. The van der Waals surface area contributed by atoms with E-state index in [1.807, 2.05) is 20.8 Å². The number of nitrogens with two attached hydrogens (primary N) is 1. The fraction of sp³-hybridized carbons (Fsp3) is 0.600. The maximum absolute atomic E-state index is 12.4. The average Bonchev–Trinajstić information content (AvgIpc) is 2.35. The zero-order chi connectivity index (χ0) is 13.8. The largest absolute Gasteiger partial charge is 0.292 e. The molecule has 0 fully saturated rings. The normalized spacial score (nSPS) is 12.1. The molecule has 8 heteroatoms. The molecule has 0 saturated carbocycles. The molecule has 0 aromatic carbocycles. The van der Waals surface area contributed by atoms with E-state index in [0.717, 1.165) is 6.42 Å². The van der Waals surface area contributed by atoms with Crippen molar-refractivity contribution in [1.82, 2.24) is 14.3 Å². The van der Waals surface area contributed by atoms with Gasteiger partial charge in [0.2, 0.25) is 16.0 Å². The molecule has 0 radical (unpaired) electrons. The Labute approximate surface area is 107 Å². The maximum atomic E-state index is 12.4. The Hall–Kier alpha value is -1.25. The van der Waals surface area contributed by atoms with E-state index < -0.39 is 10.0 Å². The number of aromatic nitrogens is 2. The summed E-state index contributed by atoms with van der Waals surface area (Å²) in [6, 6.07) is -0.109. The van der Waals surface area contributed by atoms with Crippen molar-refractivity contribution in [3.63, 3.8) is 0 Å². The molecule has 102 valence electrons. The van der Waals surface area contributed by atoms with Gasteiger partial charge in [0.1, 0.15) is 4.90 Å². The average molecular weight is 273 g/mol. The van der Waals surface area contributed by atoms with Gasteiger partial charge in [-0.05, 0) is 20.3 Å². The van der Waals surface area contributed by atoms with Gasteiger partial charge in [0.25, 0.3) is 0 Å².